The number of likely N-dealkylation sites (N-methyl/N-ethyl adjacent to an activating group) is 1. The molecule has 0 unspecified atom stereocenters. The molecular weight excluding hydrogens is 655 g/mol. The average Bonchev–Trinajstić information content (AvgIpc) is 3.08. The third-order valence-corrected chi connectivity index (χ3v) is 7.98. The number of amidine groups is 1. The van der Waals surface area contributed by atoms with Gasteiger partial charge in [-0.15, -0.1) is 0 Å². The summed E-state index contributed by atoms with van der Waals surface area (Å²) < 4.78 is 7.37. The van der Waals surface area contributed by atoms with E-state index < -0.39 is 5.97 Å². The molecule has 0 aromatic heterocycles. The van der Waals surface area contributed by atoms with E-state index in [9.17, 15) is 14.7 Å². The number of thioether (sulfide) groups is 1. The average molecular weight is 671 g/mol. The van der Waals surface area contributed by atoms with E-state index in [2.05, 4.69) is 36.9 Å². The van der Waals surface area contributed by atoms with Gasteiger partial charge in [0.1, 0.15) is 12.4 Å². The van der Waals surface area contributed by atoms with Crippen molar-refractivity contribution in [3.05, 3.63) is 95.2 Å². The molecule has 36 heavy (non-hydrogen) atoms. The van der Waals surface area contributed by atoms with E-state index in [1.54, 1.807) is 37.4 Å². The second-order valence-electron chi connectivity index (χ2n) is 7.58. The highest BCUT2D eigenvalue weighted by molar-refractivity contribution is 9.11. The van der Waals surface area contributed by atoms with Crippen molar-refractivity contribution < 1.29 is 19.4 Å². The van der Waals surface area contributed by atoms with E-state index >= 15 is 0 Å². The summed E-state index contributed by atoms with van der Waals surface area (Å²) in [5, 5.41) is 10.6. The lowest BCUT2D eigenvalue weighted by Crippen LogP contribution is -2.23. The Morgan fingerprint density at radius 1 is 1.11 bits per heavy atom. The highest BCUT2D eigenvalue weighted by Crippen LogP contribution is 2.38. The lowest BCUT2D eigenvalue weighted by atomic mass is 10.2. The molecule has 0 saturated carbocycles. The quantitative estimate of drug-likeness (QED) is 0.269. The fourth-order valence-corrected chi connectivity index (χ4v) is 5.97. The van der Waals surface area contributed by atoms with Crippen molar-refractivity contribution in [1.82, 2.24) is 4.90 Å². The number of benzene rings is 3. The van der Waals surface area contributed by atoms with Crippen LogP contribution in [0.4, 0.5) is 5.69 Å². The van der Waals surface area contributed by atoms with Crippen molar-refractivity contribution in [2.75, 3.05) is 7.05 Å². The number of aliphatic imine (C=N–C) groups is 1. The fraction of sp³-hybridized carbons (Fsp3) is 0.0800. The molecule has 1 N–H and O–H groups in total. The predicted molar refractivity (Wildman–Crippen MR) is 151 cm³/mol. The normalized spacial score (nSPS) is 15.7. The minimum absolute atomic E-state index is 0.126. The van der Waals surface area contributed by atoms with Crippen LogP contribution in [0.25, 0.3) is 6.08 Å². The number of hydrogen-bond acceptors (Lipinski definition) is 5. The second-order valence-corrected chi connectivity index (χ2v) is 11.1. The first-order chi connectivity index (χ1) is 17.1. The van der Waals surface area contributed by atoms with E-state index in [-0.39, 0.29) is 18.1 Å². The third kappa shape index (κ3) is 6.15. The number of rotatable bonds is 6. The Balaban J connectivity index is 1.54. The van der Waals surface area contributed by atoms with Gasteiger partial charge in [-0.25, -0.2) is 9.79 Å². The minimum atomic E-state index is -1.04. The first-order valence-corrected chi connectivity index (χ1v) is 13.4. The van der Waals surface area contributed by atoms with Gasteiger partial charge in [0.05, 0.1) is 35.1 Å². The van der Waals surface area contributed by atoms with Gasteiger partial charge in [0, 0.05) is 7.05 Å². The summed E-state index contributed by atoms with van der Waals surface area (Å²) in [5.74, 6) is -0.645. The summed E-state index contributed by atoms with van der Waals surface area (Å²) >= 11 is 20.3. The summed E-state index contributed by atoms with van der Waals surface area (Å²) in [6.45, 7) is 0.288. The summed E-state index contributed by atoms with van der Waals surface area (Å²) in [7, 11) is 1.63. The number of carbonyl (C=O) groups excluding carboxylic acids is 1. The van der Waals surface area contributed by atoms with E-state index in [1.165, 1.54) is 28.8 Å². The molecule has 0 spiro atoms. The number of ether oxygens (including phenoxy) is 1. The maximum Gasteiger partial charge on any atom is 0.335 e. The van der Waals surface area contributed by atoms with Crippen LogP contribution in [0.3, 0.4) is 0 Å². The smallest absolute Gasteiger partial charge is 0.335 e. The number of aromatic carboxylic acids is 1. The van der Waals surface area contributed by atoms with Crippen LogP contribution in [0.15, 0.2) is 73.4 Å². The van der Waals surface area contributed by atoms with Crippen molar-refractivity contribution in [1.29, 1.82) is 0 Å². The monoisotopic (exact) mass is 668 g/mol. The minimum Gasteiger partial charge on any atom is -0.487 e. The van der Waals surface area contributed by atoms with Gasteiger partial charge in [-0.05, 0) is 103 Å². The molecular formula is C25H16Br2Cl2N2O4S. The molecule has 1 fully saturated rings. The van der Waals surface area contributed by atoms with E-state index in [0.717, 1.165) is 11.1 Å². The first kappa shape index (κ1) is 26.8. The van der Waals surface area contributed by atoms with Gasteiger partial charge in [-0.2, -0.15) is 0 Å². The molecule has 1 saturated heterocycles. The van der Waals surface area contributed by atoms with Crippen molar-refractivity contribution in [3.8, 4) is 5.75 Å². The highest BCUT2D eigenvalue weighted by atomic mass is 79.9. The number of carboxylic acids is 1. The van der Waals surface area contributed by atoms with Crippen molar-refractivity contribution >= 4 is 95.6 Å². The van der Waals surface area contributed by atoms with Crippen LogP contribution in [-0.4, -0.2) is 34.1 Å². The van der Waals surface area contributed by atoms with Crippen LogP contribution >= 0.6 is 66.8 Å². The molecule has 3 aromatic rings. The summed E-state index contributed by atoms with van der Waals surface area (Å²) in [6, 6.07) is 15.2. The molecule has 0 atom stereocenters. The van der Waals surface area contributed by atoms with Gasteiger partial charge in [-0.1, -0.05) is 35.3 Å². The molecule has 1 aliphatic heterocycles. The second kappa shape index (κ2) is 11.4. The molecule has 6 nitrogen and oxygen atoms in total. The Kier molecular flexibility index (Phi) is 8.47. The maximum atomic E-state index is 12.8. The first-order valence-electron chi connectivity index (χ1n) is 10.3. The number of carboxylic acid groups (broad SMARTS) is 1. The van der Waals surface area contributed by atoms with Crippen molar-refractivity contribution in [2.24, 2.45) is 4.99 Å². The number of amides is 1. The van der Waals surface area contributed by atoms with Crippen LogP contribution < -0.4 is 4.74 Å². The predicted octanol–water partition coefficient (Wildman–Crippen LogP) is 8.03. The zero-order valence-electron chi connectivity index (χ0n) is 18.5. The SMILES string of the molecule is CN1C(=O)/C(=C/c2cc(Br)c(OCc3ccc(Cl)c(Cl)c3)c(Br)c2)SC1=Nc1cccc(C(=O)O)c1. The maximum absolute atomic E-state index is 12.8. The van der Waals surface area contributed by atoms with Gasteiger partial charge in [0.2, 0.25) is 0 Å². The number of carbonyl (C=O) groups is 2. The molecule has 1 amide bonds. The number of halogens is 4. The highest BCUT2D eigenvalue weighted by Gasteiger charge is 2.30. The van der Waals surface area contributed by atoms with Gasteiger partial charge in [0.25, 0.3) is 5.91 Å². The summed E-state index contributed by atoms with van der Waals surface area (Å²) in [4.78, 5) is 30.4. The lowest BCUT2D eigenvalue weighted by molar-refractivity contribution is -0.121. The topological polar surface area (TPSA) is 79.2 Å². The molecule has 184 valence electrons. The number of nitrogens with zero attached hydrogens (tertiary/aromatic N) is 2. The zero-order chi connectivity index (χ0) is 26.0. The van der Waals surface area contributed by atoms with E-state index in [1.807, 2.05) is 18.2 Å². The Bertz CT molecular complexity index is 1420. The largest absolute Gasteiger partial charge is 0.487 e. The Labute approximate surface area is 238 Å². The van der Waals surface area contributed by atoms with Gasteiger partial charge >= 0.3 is 5.97 Å². The molecule has 4 rings (SSSR count). The van der Waals surface area contributed by atoms with E-state index in [0.29, 0.717) is 40.5 Å². The van der Waals surface area contributed by atoms with Crippen molar-refractivity contribution in [3.63, 3.8) is 0 Å². The molecule has 1 heterocycles. The van der Waals surface area contributed by atoms with Crippen LogP contribution in [0.2, 0.25) is 10.0 Å². The Morgan fingerprint density at radius 3 is 2.50 bits per heavy atom. The van der Waals surface area contributed by atoms with Gasteiger partial charge in [-0.3, -0.25) is 9.69 Å². The molecule has 11 heteroatoms. The summed E-state index contributed by atoms with van der Waals surface area (Å²) in [5.41, 5.74) is 2.22. The Morgan fingerprint density at radius 2 is 1.83 bits per heavy atom. The van der Waals surface area contributed by atoms with Crippen LogP contribution in [-0.2, 0) is 11.4 Å². The molecule has 0 bridgehead atoms. The molecule has 1 aliphatic rings. The molecule has 0 aliphatic carbocycles. The van der Waals surface area contributed by atoms with Gasteiger partial charge in [0.15, 0.2) is 5.17 Å². The third-order valence-electron chi connectivity index (χ3n) is 5.01. The standard InChI is InChI=1S/C25H16Br2Cl2N2O4S/c1-31-23(32)21(36-25(31)30-16-4-2-3-15(11-16)24(33)34)10-14-7-17(26)22(18(27)8-14)35-12-13-5-6-19(28)20(29)9-13/h2-11H,12H2,1H3,(H,33,34)/b21-10-,30-25?. The Hall–Kier alpha value is -2.30. The molecule has 0 radical (unpaired) electrons. The zero-order valence-corrected chi connectivity index (χ0v) is 24.0. The van der Waals surface area contributed by atoms with E-state index in [4.69, 9.17) is 27.9 Å². The summed E-state index contributed by atoms with van der Waals surface area (Å²) in [6.07, 6.45) is 1.76. The fourth-order valence-electron chi connectivity index (χ4n) is 3.21. The van der Waals surface area contributed by atoms with Gasteiger partial charge < -0.3 is 9.84 Å². The van der Waals surface area contributed by atoms with Crippen LogP contribution in [0, 0.1) is 0 Å². The van der Waals surface area contributed by atoms with Crippen LogP contribution in [0.1, 0.15) is 21.5 Å². The van der Waals surface area contributed by atoms with Crippen molar-refractivity contribution in [2.45, 2.75) is 6.61 Å². The lowest BCUT2D eigenvalue weighted by Gasteiger charge is -2.12. The molecule has 3 aromatic carbocycles. The number of hydrogen-bond donors (Lipinski definition) is 1. The van der Waals surface area contributed by atoms with Crippen LogP contribution in [0.5, 0.6) is 5.75 Å².